The van der Waals surface area contributed by atoms with Gasteiger partial charge in [0.2, 0.25) is 0 Å². The van der Waals surface area contributed by atoms with Crippen molar-refractivity contribution < 1.29 is 0 Å². The third-order valence-corrected chi connectivity index (χ3v) is 3.58. The van der Waals surface area contributed by atoms with Crippen LogP contribution in [0.5, 0.6) is 0 Å². The third-order valence-electron chi connectivity index (χ3n) is 2.03. The molecule has 0 amide bonds. The van der Waals surface area contributed by atoms with Gasteiger partial charge in [-0.2, -0.15) is 11.8 Å². The van der Waals surface area contributed by atoms with Crippen molar-refractivity contribution in [1.29, 1.82) is 0 Å². The van der Waals surface area contributed by atoms with E-state index in [9.17, 15) is 0 Å². The van der Waals surface area contributed by atoms with Gasteiger partial charge in [0, 0.05) is 30.5 Å². The summed E-state index contributed by atoms with van der Waals surface area (Å²) in [6.07, 6.45) is 4.57. The van der Waals surface area contributed by atoms with Crippen LogP contribution in [0.1, 0.15) is 0 Å². The van der Waals surface area contributed by atoms with E-state index in [-0.39, 0.29) is 0 Å². The maximum atomic E-state index is 2.36. The monoisotopic (exact) mass is 141 g/mol. The summed E-state index contributed by atoms with van der Waals surface area (Å²) in [7, 11) is 2.15. The molecular formula is C7H11NS. The molecule has 1 nitrogen and oxygen atoms in total. The number of hydrogen-bond acceptors (Lipinski definition) is 2. The lowest BCUT2D eigenvalue weighted by Crippen LogP contribution is -2.37. The predicted octanol–water partition coefficient (Wildman–Crippen LogP) is 1.18. The van der Waals surface area contributed by atoms with Gasteiger partial charge in [0.1, 0.15) is 0 Å². The van der Waals surface area contributed by atoms with Gasteiger partial charge in [-0.3, -0.25) is 0 Å². The Morgan fingerprint density at radius 3 is 2.56 bits per heavy atom. The van der Waals surface area contributed by atoms with Gasteiger partial charge in [-0.25, -0.2) is 0 Å². The van der Waals surface area contributed by atoms with Crippen molar-refractivity contribution in [3.63, 3.8) is 0 Å². The fourth-order valence-electron chi connectivity index (χ4n) is 1.44. The van der Waals surface area contributed by atoms with E-state index in [1.54, 1.807) is 0 Å². The maximum Gasteiger partial charge on any atom is 0.0276 e. The SMILES string of the molecule is CN1C=CC2(CSC2)C1. The van der Waals surface area contributed by atoms with Gasteiger partial charge in [0.15, 0.2) is 0 Å². The van der Waals surface area contributed by atoms with Crippen molar-refractivity contribution in [2.75, 3.05) is 25.1 Å². The first kappa shape index (κ1) is 5.66. The van der Waals surface area contributed by atoms with Crippen molar-refractivity contribution in [1.82, 2.24) is 4.90 Å². The number of thioether (sulfide) groups is 1. The largest absolute Gasteiger partial charge is 0.380 e. The van der Waals surface area contributed by atoms with Gasteiger partial charge in [0.25, 0.3) is 0 Å². The van der Waals surface area contributed by atoms with Gasteiger partial charge in [-0.05, 0) is 6.20 Å². The molecule has 50 valence electrons. The van der Waals surface area contributed by atoms with Gasteiger partial charge in [-0.15, -0.1) is 0 Å². The Morgan fingerprint density at radius 2 is 2.33 bits per heavy atom. The molecule has 0 saturated carbocycles. The fraction of sp³-hybridized carbons (Fsp3) is 0.714. The summed E-state index contributed by atoms with van der Waals surface area (Å²) in [5, 5.41) is 0. The fourth-order valence-corrected chi connectivity index (χ4v) is 2.54. The maximum absolute atomic E-state index is 2.36. The normalized spacial score (nSPS) is 29.2. The predicted molar refractivity (Wildman–Crippen MR) is 41.5 cm³/mol. The van der Waals surface area contributed by atoms with Crippen LogP contribution in [0.25, 0.3) is 0 Å². The van der Waals surface area contributed by atoms with Crippen molar-refractivity contribution in [2.45, 2.75) is 0 Å². The summed E-state index contributed by atoms with van der Waals surface area (Å²) >= 11 is 2.06. The van der Waals surface area contributed by atoms with E-state index in [2.05, 4.69) is 36.0 Å². The molecule has 9 heavy (non-hydrogen) atoms. The van der Waals surface area contributed by atoms with E-state index in [1.807, 2.05) is 0 Å². The Morgan fingerprint density at radius 1 is 1.56 bits per heavy atom. The summed E-state index contributed by atoms with van der Waals surface area (Å²) in [6.45, 7) is 1.25. The minimum Gasteiger partial charge on any atom is -0.380 e. The molecule has 0 aliphatic carbocycles. The number of nitrogens with zero attached hydrogens (tertiary/aromatic N) is 1. The Hall–Kier alpha value is -0.110. The summed E-state index contributed by atoms with van der Waals surface area (Å²) in [5.41, 5.74) is 0.597. The minimum absolute atomic E-state index is 0.597. The van der Waals surface area contributed by atoms with E-state index in [0.717, 1.165) is 0 Å². The second kappa shape index (κ2) is 1.69. The molecule has 1 spiro atoms. The van der Waals surface area contributed by atoms with E-state index in [0.29, 0.717) is 5.41 Å². The molecule has 0 N–H and O–H groups in total. The molecule has 2 heterocycles. The highest BCUT2D eigenvalue weighted by Gasteiger charge is 2.38. The van der Waals surface area contributed by atoms with E-state index < -0.39 is 0 Å². The second-order valence-corrected chi connectivity index (χ2v) is 4.07. The zero-order valence-electron chi connectivity index (χ0n) is 5.63. The molecule has 0 atom stereocenters. The van der Waals surface area contributed by atoms with Gasteiger partial charge in [-0.1, -0.05) is 6.08 Å². The quantitative estimate of drug-likeness (QED) is 0.498. The molecular weight excluding hydrogens is 130 g/mol. The van der Waals surface area contributed by atoms with Crippen LogP contribution in [0.15, 0.2) is 12.3 Å². The van der Waals surface area contributed by atoms with E-state index in [1.165, 1.54) is 18.1 Å². The molecule has 1 saturated heterocycles. The Balaban J connectivity index is 2.09. The lowest BCUT2D eigenvalue weighted by atomic mass is 9.94. The lowest BCUT2D eigenvalue weighted by molar-refractivity contribution is 0.360. The van der Waals surface area contributed by atoms with Crippen molar-refractivity contribution >= 4 is 11.8 Å². The standard InChI is InChI=1S/C7H11NS/c1-8-3-2-7(4-8)5-9-6-7/h2-3H,4-6H2,1H3. The van der Waals surface area contributed by atoms with Crippen molar-refractivity contribution in [3.8, 4) is 0 Å². The highest BCUT2D eigenvalue weighted by atomic mass is 32.2. The number of hydrogen-bond donors (Lipinski definition) is 0. The molecule has 0 radical (unpaired) electrons. The molecule has 2 rings (SSSR count). The highest BCUT2D eigenvalue weighted by molar-refractivity contribution is 8.00. The van der Waals surface area contributed by atoms with Crippen LogP contribution in [0, 0.1) is 5.41 Å². The molecule has 2 heteroatoms. The Kier molecular flexibility index (Phi) is 1.06. The zero-order chi connectivity index (χ0) is 6.32. The number of rotatable bonds is 0. The molecule has 2 aliphatic rings. The van der Waals surface area contributed by atoms with Crippen molar-refractivity contribution in [2.24, 2.45) is 5.41 Å². The average Bonchev–Trinajstić information content (AvgIpc) is 2.09. The molecule has 0 unspecified atom stereocenters. The lowest BCUT2D eigenvalue weighted by Gasteiger charge is -2.36. The Labute approximate surface area is 60.1 Å². The Bertz CT molecular complexity index is 149. The molecule has 0 aromatic rings. The molecule has 0 aromatic heterocycles. The van der Waals surface area contributed by atoms with Crippen LogP contribution >= 0.6 is 11.8 Å². The molecule has 2 aliphatic heterocycles. The summed E-state index contributed by atoms with van der Waals surface area (Å²) in [5.74, 6) is 2.68. The minimum atomic E-state index is 0.597. The van der Waals surface area contributed by atoms with Crippen LogP contribution < -0.4 is 0 Å². The van der Waals surface area contributed by atoms with Gasteiger partial charge in [0.05, 0.1) is 0 Å². The summed E-state index contributed by atoms with van der Waals surface area (Å²) < 4.78 is 0. The van der Waals surface area contributed by atoms with Crippen LogP contribution in [0.4, 0.5) is 0 Å². The second-order valence-electron chi connectivity index (χ2n) is 3.09. The van der Waals surface area contributed by atoms with Crippen LogP contribution in [-0.4, -0.2) is 30.0 Å². The van der Waals surface area contributed by atoms with E-state index >= 15 is 0 Å². The zero-order valence-corrected chi connectivity index (χ0v) is 6.45. The third kappa shape index (κ3) is 0.767. The van der Waals surface area contributed by atoms with Crippen LogP contribution in [-0.2, 0) is 0 Å². The van der Waals surface area contributed by atoms with Crippen molar-refractivity contribution in [3.05, 3.63) is 12.3 Å². The van der Waals surface area contributed by atoms with E-state index in [4.69, 9.17) is 0 Å². The highest BCUT2D eigenvalue weighted by Crippen LogP contribution is 2.42. The van der Waals surface area contributed by atoms with Gasteiger partial charge >= 0.3 is 0 Å². The topological polar surface area (TPSA) is 3.24 Å². The van der Waals surface area contributed by atoms with Crippen LogP contribution in [0.2, 0.25) is 0 Å². The molecule has 1 fully saturated rings. The first-order chi connectivity index (χ1) is 4.31. The molecule has 0 bridgehead atoms. The summed E-state index contributed by atoms with van der Waals surface area (Å²) in [6, 6.07) is 0. The van der Waals surface area contributed by atoms with Gasteiger partial charge < -0.3 is 4.90 Å². The van der Waals surface area contributed by atoms with Crippen LogP contribution in [0.3, 0.4) is 0 Å². The molecule has 0 aromatic carbocycles. The first-order valence-corrected chi connectivity index (χ1v) is 4.44. The summed E-state index contributed by atoms with van der Waals surface area (Å²) in [4.78, 5) is 2.28. The smallest absolute Gasteiger partial charge is 0.0276 e. The average molecular weight is 141 g/mol. The first-order valence-electron chi connectivity index (χ1n) is 3.28.